The first-order valence-electron chi connectivity index (χ1n) is 7.62. The predicted octanol–water partition coefficient (Wildman–Crippen LogP) is 4.38. The van der Waals surface area contributed by atoms with Crippen molar-refractivity contribution in [3.63, 3.8) is 0 Å². The molecule has 2 aromatic rings. The van der Waals surface area contributed by atoms with E-state index < -0.39 is 0 Å². The lowest BCUT2D eigenvalue weighted by Crippen LogP contribution is -2.28. The normalized spacial score (nSPS) is 13.2. The van der Waals surface area contributed by atoms with Crippen molar-refractivity contribution in [3.05, 3.63) is 34.5 Å². The summed E-state index contributed by atoms with van der Waals surface area (Å²) in [5.41, 5.74) is 1.15. The van der Waals surface area contributed by atoms with Gasteiger partial charge in [-0.2, -0.15) is 0 Å². The van der Waals surface area contributed by atoms with Crippen LogP contribution in [0.25, 0.3) is 10.1 Å². The Hall–Kier alpha value is -0.970. The van der Waals surface area contributed by atoms with E-state index in [9.17, 15) is 4.39 Å². The zero-order chi connectivity index (χ0) is 15.4. The van der Waals surface area contributed by atoms with Gasteiger partial charge in [0.05, 0.1) is 0 Å². The molecule has 0 radical (unpaired) electrons. The van der Waals surface area contributed by atoms with Crippen LogP contribution in [0.1, 0.15) is 37.1 Å². The van der Waals surface area contributed by atoms with Crippen molar-refractivity contribution in [1.82, 2.24) is 10.2 Å². The summed E-state index contributed by atoms with van der Waals surface area (Å²) in [7, 11) is 4.07. The SMILES string of the molecule is CCCC(C)N(C)Cc1c(CNC)sc2cccc(F)c12. The average molecular weight is 308 g/mol. The number of fused-ring (bicyclic) bond motifs is 1. The van der Waals surface area contributed by atoms with Crippen LogP contribution in [0, 0.1) is 5.82 Å². The van der Waals surface area contributed by atoms with Crippen molar-refractivity contribution in [2.24, 2.45) is 0 Å². The first-order valence-corrected chi connectivity index (χ1v) is 8.43. The highest BCUT2D eigenvalue weighted by molar-refractivity contribution is 7.19. The Morgan fingerprint density at radius 3 is 2.81 bits per heavy atom. The third kappa shape index (κ3) is 3.62. The third-order valence-electron chi connectivity index (χ3n) is 4.05. The van der Waals surface area contributed by atoms with E-state index in [0.29, 0.717) is 6.04 Å². The summed E-state index contributed by atoms with van der Waals surface area (Å²) in [6.45, 7) is 6.05. The number of hydrogen-bond acceptors (Lipinski definition) is 3. The molecule has 116 valence electrons. The Kier molecular flexibility index (Phi) is 5.73. The first-order chi connectivity index (χ1) is 10.1. The smallest absolute Gasteiger partial charge is 0.132 e. The third-order valence-corrected chi connectivity index (χ3v) is 5.25. The van der Waals surface area contributed by atoms with Gasteiger partial charge in [-0.1, -0.05) is 19.4 Å². The molecule has 0 fully saturated rings. The van der Waals surface area contributed by atoms with E-state index >= 15 is 0 Å². The zero-order valence-electron chi connectivity index (χ0n) is 13.4. The molecular weight excluding hydrogens is 283 g/mol. The number of rotatable bonds is 7. The lowest BCUT2D eigenvalue weighted by Gasteiger charge is -2.24. The van der Waals surface area contributed by atoms with Crippen LogP contribution in [-0.4, -0.2) is 25.0 Å². The Morgan fingerprint density at radius 2 is 2.14 bits per heavy atom. The highest BCUT2D eigenvalue weighted by Gasteiger charge is 2.18. The molecule has 0 amide bonds. The van der Waals surface area contributed by atoms with Gasteiger partial charge in [-0.3, -0.25) is 4.90 Å². The topological polar surface area (TPSA) is 15.3 Å². The van der Waals surface area contributed by atoms with Gasteiger partial charge in [-0.05, 0) is 45.1 Å². The van der Waals surface area contributed by atoms with Crippen molar-refractivity contribution in [1.29, 1.82) is 0 Å². The second kappa shape index (κ2) is 7.34. The van der Waals surface area contributed by atoms with Crippen molar-refractivity contribution < 1.29 is 4.39 Å². The predicted molar refractivity (Wildman–Crippen MR) is 90.4 cm³/mol. The Morgan fingerprint density at radius 1 is 1.38 bits per heavy atom. The molecule has 1 heterocycles. The summed E-state index contributed by atoms with van der Waals surface area (Å²) in [5, 5.41) is 4.01. The summed E-state index contributed by atoms with van der Waals surface area (Å²) in [4.78, 5) is 3.57. The summed E-state index contributed by atoms with van der Waals surface area (Å²) in [6.07, 6.45) is 2.34. The molecule has 2 nitrogen and oxygen atoms in total. The molecule has 2 rings (SSSR count). The summed E-state index contributed by atoms with van der Waals surface area (Å²) in [5.74, 6) is -0.0994. The molecule has 0 saturated heterocycles. The molecule has 0 spiro atoms. The van der Waals surface area contributed by atoms with Crippen molar-refractivity contribution in [2.75, 3.05) is 14.1 Å². The zero-order valence-corrected chi connectivity index (χ0v) is 14.2. The van der Waals surface area contributed by atoms with Crippen LogP contribution >= 0.6 is 11.3 Å². The first kappa shape index (κ1) is 16.4. The fraction of sp³-hybridized carbons (Fsp3) is 0.529. The molecular formula is C17H25FN2S. The largest absolute Gasteiger partial charge is 0.315 e. The molecule has 1 atom stereocenters. The van der Waals surface area contributed by atoms with Gasteiger partial charge in [-0.15, -0.1) is 11.3 Å². The lowest BCUT2D eigenvalue weighted by molar-refractivity contribution is 0.237. The Balaban J connectivity index is 2.38. The molecule has 0 aliphatic rings. The summed E-state index contributed by atoms with van der Waals surface area (Å²) >= 11 is 1.70. The van der Waals surface area contributed by atoms with Crippen LogP contribution in [0.3, 0.4) is 0 Å². The molecule has 1 aromatic heterocycles. The number of halogens is 1. The fourth-order valence-corrected chi connectivity index (χ4v) is 3.97. The molecule has 4 heteroatoms. The number of nitrogens with zero attached hydrogens (tertiary/aromatic N) is 1. The standard InChI is InChI=1S/C17H25FN2S/c1-5-7-12(2)20(4)11-13-16(10-19-3)21-15-9-6-8-14(18)17(13)15/h6,8-9,12,19H,5,7,10-11H2,1-4H3. The van der Waals surface area contributed by atoms with E-state index in [1.165, 1.54) is 17.7 Å². The van der Waals surface area contributed by atoms with Gasteiger partial charge >= 0.3 is 0 Å². The van der Waals surface area contributed by atoms with E-state index in [-0.39, 0.29) is 5.82 Å². The lowest BCUT2D eigenvalue weighted by atomic mass is 10.1. The average Bonchev–Trinajstić information content (AvgIpc) is 2.79. The van der Waals surface area contributed by atoms with Gasteiger partial charge < -0.3 is 5.32 Å². The minimum atomic E-state index is -0.0994. The van der Waals surface area contributed by atoms with E-state index in [4.69, 9.17) is 0 Å². The van der Waals surface area contributed by atoms with Crippen LogP contribution in [-0.2, 0) is 13.1 Å². The molecule has 0 saturated carbocycles. The molecule has 1 unspecified atom stereocenters. The number of thiophene rings is 1. The van der Waals surface area contributed by atoms with Crippen LogP contribution in [0.2, 0.25) is 0 Å². The summed E-state index contributed by atoms with van der Waals surface area (Å²) < 4.78 is 15.3. The van der Waals surface area contributed by atoms with Gasteiger partial charge in [0.15, 0.2) is 0 Å². The molecule has 0 aliphatic carbocycles. The maximum atomic E-state index is 14.3. The fourth-order valence-electron chi connectivity index (χ4n) is 2.73. The van der Waals surface area contributed by atoms with Gasteiger partial charge in [0, 0.05) is 34.1 Å². The second-order valence-corrected chi connectivity index (χ2v) is 6.84. The van der Waals surface area contributed by atoms with E-state index in [1.54, 1.807) is 23.5 Å². The van der Waals surface area contributed by atoms with Gasteiger partial charge in [0.1, 0.15) is 5.82 Å². The van der Waals surface area contributed by atoms with Crippen LogP contribution in [0.4, 0.5) is 4.39 Å². The van der Waals surface area contributed by atoms with Gasteiger partial charge in [0.25, 0.3) is 0 Å². The van der Waals surface area contributed by atoms with Crippen LogP contribution in [0.15, 0.2) is 18.2 Å². The second-order valence-electron chi connectivity index (χ2n) is 5.70. The van der Waals surface area contributed by atoms with E-state index in [2.05, 4.69) is 31.1 Å². The molecule has 1 N–H and O–H groups in total. The van der Waals surface area contributed by atoms with Crippen LogP contribution in [0.5, 0.6) is 0 Å². The maximum Gasteiger partial charge on any atom is 0.132 e. The summed E-state index contributed by atoms with van der Waals surface area (Å²) in [6, 6.07) is 5.89. The highest BCUT2D eigenvalue weighted by atomic mass is 32.1. The maximum absolute atomic E-state index is 14.3. The van der Waals surface area contributed by atoms with Crippen molar-refractivity contribution >= 4 is 21.4 Å². The van der Waals surface area contributed by atoms with Gasteiger partial charge in [0.2, 0.25) is 0 Å². The van der Waals surface area contributed by atoms with Crippen LogP contribution < -0.4 is 5.32 Å². The number of benzene rings is 1. The highest BCUT2D eigenvalue weighted by Crippen LogP contribution is 2.34. The minimum Gasteiger partial charge on any atom is -0.315 e. The molecule has 0 bridgehead atoms. The van der Waals surface area contributed by atoms with E-state index in [0.717, 1.165) is 28.7 Å². The minimum absolute atomic E-state index is 0.0994. The molecule has 21 heavy (non-hydrogen) atoms. The quantitative estimate of drug-likeness (QED) is 0.816. The monoisotopic (exact) mass is 308 g/mol. The Labute approximate surface area is 131 Å². The van der Waals surface area contributed by atoms with Gasteiger partial charge in [-0.25, -0.2) is 4.39 Å². The molecule has 0 aliphatic heterocycles. The number of nitrogens with one attached hydrogen (secondary N) is 1. The van der Waals surface area contributed by atoms with Crippen molar-refractivity contribution in [3.8, 4) is 0 Å². The van der Waals surface area contributed by atoms with E-state index in [1.807, 2.05) is 13.1 Å². The van der Waals surface area contributed by atoms with Crippen molar-refractivity contribution in [2.45, 2.75) is 45.8 Å². The molecule has 1 aromatic carbocycles. The Bertz CT molecular complexity index is 594. The number of hydrogen-bond donors (Lipinski definition) is 1.